The molecule has 100 valence electrons. The molecule has 0 unspecified atom stereocenters. The minimum atomic E-state index is 0.691. The van der Waals surface area contributed by atoms with Crippen LogP contribution >= 0.6 is 27.3 Å². The van der Waals surface area contributed by atoms with E-state index in [0.717, 1.165) is 37.9 Å². The van der Waals surface area contributed by atoms with E-state index < -0.39 is 0 Å². The highest BCUT2D eigenvalue weighted by atomic mass is 79.9. The molecule has 0 aliphatic heterocycles. The van der Waals surface area contributed by atoms with E-state index in [1.165, 1.54) is 11.3 Å². The van der Waals surface area contributed by atoms with Crippen molar-refractivity contribution in [3.05, 3.63) is 45.9 Å². The van der Waals surface area contributed by atoms with E-state index in [-0.39, 0.29) is 0 Å². The van der Waals surface area contributed by atoms with Gasteiger partial charge < -0.3 is 4.74 Å². The molecule has 0 aliphatic carbocycles. The van der Waals surface area contributed by atoms with Crippen LogP contribution in [0, 0.1) is 0 Å². The largest absolute Gasteiger partial charge is 0.495 e. The summed E-state index contributed by atoms with van der Waals surface area (Å²) in [5, 5.41) is 0.945. The van der Waals surface area contributed by atoms with Gasteiger partial charge >= 0.3 is 0 Å². The molecule has 0 N–H and O–H groups in total. The van der Waals surface area contributed by atoms with Crippen LogP contribution in [-0.2, 0) is 0 Å². The van der Waals surface area contributed by atoms with E-state index in [0.29, 0.717) is 4.88 Å². The average Bonchev–Trinajstić information content (AvgIpc) is 2.95. The third kappa shape index (κ3) is 2.13. The number of fused-ring (bicyclic) bond motifs is 1. The van der Waals surface area contributed by atoms with Crippen LogP contribution in [0.25, 0.3) is 21.3 Å². The predicted molar refractivity (Wildman–Crippen MR) is 84.7 cm³/mol. The molecule has 0 aliphatic rings. The molecule has 0 radical (unpaired) electrons. The lowest BCUT2D eigenvalue weighted by molar-refractivity contribution is 0.112. The van der Waals surface area contributed by atoms with Gasteiger partial charge in [0.25, 0.3) is 0 Å². The summed E-state index contributed by atoms with van der Waals surface area (Å²) in [6.07, 6.45) is 2.64. The van der Waals surface area contributed by atoms with Gasteiger partial charge in [-0.05, 0) is 40.2 Å². The Morgan fingerprint density at radius 1 is 1.30 bits per heavy atom. The summed E-state index contributed by atoms with van der Waals surface area (Å²) in [6, 6.07) is 9.59. The number of carbonyl (C=O) groups is 1. The van der Waals surface area contributed by atoms with Crippen LogP contribution in [0.1, 0.15) is 9.67 Å². The highest BCUT2D eigenvalue weighted by Crippen LogP contribution is 2.39. The van der Waals surface area contributed by atoms with Crippen LogP contribution < -0.4 is 4.74 Å². The van der Waals surface area contributed by atoms with Crippen molar-refractivity contribution in [3.8, 4) is 16.2 Å². The van der Waals surface area contributed by atoms with Gasteiger partial charge in [-0.15, -0.1) is 11.3 Å². The summed E-state index contributed by atoms with van der Waals surface area (Å²) in [4.78, 5) is 17.0. The van der Waals surface area contributed by atoms with Crippen molar-refractivity contribution in [1.82, 2.24) is 4.98 Å². The lowest BCUT2D eigenvalue weighted by Crippen LogP contribution is -1.91. The Kier molecular flexibility index (Phi) is 3.54. The van der Waals surface area contributed by atoms with Gasteiger partial charge in [-0.2, -0.15) is 0 Å². The molecule has 1 aromatic carbocycles. The number of aromatic nitrogens is 1. The average molecular weight is 348 g/mol. The Bertz CT molecular complexity index is 798. The van der Waals surface area contributed by atoms with Gasteiger partial charge in [0.15, 0.2) is 6.29 Å². The zero-order chi connectivity index (χ0) is 14.1. The Labute approximate surface area is 128 Å². The second-order valence-corrected chi connectivity index (χ2v) is 6.13. The van der Waals surface area contributed by atoms with Crippen molar-refractivity contribution < 1.29 is 9.53 Å². The first kappa shape index (κ1) is 13.3. The van der Waals surface area contributed by atoms with Crippen LogP contribution in [0.15, 0.2) is 41.0 Å². The van der Waals surface area contributed by atoms with E-state index in [1.54, 1.807) is 19.4 Å². The smallest absolute Gasteiger partial charge is 0.160 e. The fourth-order valence-corrected chi connectivity index (χ4v) is 3.42. The second kappa shape index (κ2) is 5.34. The first-order valence-electron chi connectivity index (χ1n) is 5.91. The van der Waals surface area contributed by atoms with Gasteiger partial charge in [-0.3, -0.25) is 9.78 Å². The van der Waals surface area contributed by atoms with Crippen molar-refractivity contribution in [1.29, 1.82) is 0 Å². The maximum Gasteiger partial charge on any atom is 0.160 e. The summed E-state index contributed by atoms with van der Waals surface area (Å²) in [6.45, 7) is 0. The molecule has 20 heavy (non-hydrogen) atoms. The Balaban J connectivity index is 2.28. The Morgan fingerprint density at radius 2 is 2.15 bits per heavy atom. The van der Waals surface area contributed by atoms with Gasteiger partial charge in [-0.1, -0.05) is 6.07 Å². The molecule has 0 amide bonds. The molecule has 2 aromatic heterocycles. The fourth-order valence-electron chi connectivity index (χ4n) is 2.12. The summed E-state index contributed by atoms with van der Waals surface area (Å²) in [5.41, 5.74) is 1.76. The number of pyridine rings is 1. The lowest BCUT2D eigenvalue weighted by Gasteiger charge is -2.10. The molecule has 3 nitrogen and oxygen atoms in total. The zero-order valence-electron chi connectivity index (χ0n) is 10.6. The number of nitrogens with zero attached hydrogens (tertiary/aromatic N) is 1. The van der Waals surface area contributed by atoms with E-state index >= 15 is 0 Å². The topological polar surface area (TPSA) is 39.2 Å². The van der Waals surface area contributed by atoms with E-state index in [9.17, 15) is 4.79 Å². The summed E-state index contributed by atoms with van der Waals surface area (Å²) in [5.74, 6) is 0.774. The highest BCUT2D eigenvalue weighted by molar-refractivity contribution is 9.10. The number of ether oxygens (including phenoxy) is 1. The molecule has 0 bridgehead atoms. The molecular weight excluding hydrogens is 338 g/mol. The van der Waals surface area contributed by atoms with Crippen molar-refractivity contribution in [2.75, 3.05) is 7.11 Å². The number of halogens is 1. The number of benzene rings is 1. The second-order valence-electron chi connectivity index (χ2n) is 4.16. The quantitative estimate of drug-likeness (QED) is 0.652. The van der Waals surface area contributed by atoms with Crippen LogP contribution in [0.2, 0.25) is 0 Å². The number of hydrogen-bond acceptors (Lipinski definition) is 4. The Hall–Kier alpha value is -1.72. The first-order chi connectivity index (χ1) is 9.74. The van der Waals surface area contributed by atoms with E-state index in [1.807, 2.05) is 24.3 Å². The fraction of sp³-hybridized carbons (Fsp3) is 0.0667. The molecule has 0 fully saturated rings. The standard InChI is InChI=1S/C15H10BrNO2S/c1-19-15-10-3-2-4-12(16)14(10)17-7-11(15)13-6-5-9(8-18)20-13/h2-8H,1H3. The molecule has 0 atom stereocenters. The predicted octanol–water partition coefficient (Wildman–Crippen LogP) is 4.55. The molecule has 5 heteroatoms. The van der Waals surface area contributed by atoms with Crippen molar-refractivity contribution >= 4 is 44.5 Å². The van der Waals surface area contributed by atoms with E-state index in [2.05, 4.69) is 20.9 Å². The first-order valence-corrected chi connectivity index (χ1v) is 7.52. The normalized spacial score (nSPS) is 10.7. The minimum absolute atomic E-state index is 0.691. The summed E-state index contributed by atoms with van der Waals surface area (Å²) >= 11 is 4.92. The number of methoxy groups -OCH3 is 1. The number of hydrogen-bond donors (Lipinski definition) is 0. The number of thiophene rings is 1. The third-order valence-electron chi connectivity index (χ3n) is 3.01. The molecule has 0 saturated heterocycles. The monoisotopic (exact) mass is 347 g/mol. The molecular formula is C15H10BrNO2S. The number of rotatable bonds is 3. The number of para-hydroxylation sites is 1. The highest BCUT2D eigenvalue weighted by Gasteiger charge is 2.14. The zero-order valence-corrected chi connectivity index (χ0v) is 13.0. The van der Waals surface area contributed by atoms with Gasteiger partial charge in [0.05, 0.1) is 23.1 Å². The van der Waals surface area contributed by atoms with E-state index in [4.69, 9.17) is 4.74 Å². The van der Waals surface area contributed by atoms with Crippen molar-refractivity contribution in [2.45, 2.75) is 0 Å². The third-order valence-corrected chi connectivity index (χ3v) is 4.70. The molecule has 0 saturated carbocycles. The maximum absolute atomic E-state index is 10.8. The number of carbonyl (C=O) groups excluding carboxylic acids is 1. The van der Waals surface area contributed by atoms with Gasteiger partial charge in [0, 0.05) is 20.9 Å². The van der Waals surface area contributed by atoms with Gasteiger partial charge in [0.1, 0.15) is 5.75 Å². The van der Waals surface area contributed by atoms with Crippen LogP contribution in [0.5, 0.6) is 5.75 Å². The summed E-state index contributed by atoms with van der Waals surface area (Å²) < 4.78 is 6.50. The lowest BCUT2D eigenvalue weighted by atomic mass is 10.1. The van der Waals surface area contributed by atoms with Crippen LogP contribution in [-0.4, -0.2) is 18.4 Å². The minimum Gasteiger partial charge on any atom is -0.495 e. The molecule has 3 aromatic rings. The molecule has 0 spiro atoms. The SMILES string of the molecule is COc1c(-c2ccc(C=O)s2)cnc2c(Br)cccc12. The van der Waals surface area contributed by atoms with Crippen LogP contribution in [0.4, 0.5) is 0 Å². The summed E-state index contributed by atoms with van der Waals surface area (Å²) in [7, 11) is 1.65. The number of aldehydes is 1. The molecule has 3 rings (SSSR count). The van der Waals surface area contributed by atoms with Gasteiger partial charge in [0.2, 0.25) is 0 Å². The maximum atomic E-state index is 10.8. The Morgan fingerprint density at radius 3 is 2.85 bits per heavy atom. The van der Waals surface area contributed by atoms with Crippen molar-refractivity contribution in [2.24, 2.45) is 0 Å². The van der Waals surface area contributed by atoms with Crippen molar-refractivity contribution in [3.63, 3.8) is 0 Å². The molecule has 2 heterocycles. The van der Waals surface area contributed by atoms with Crippen LogP contribution in [0.3, 0.4) is 0 Å². The van der Waals surface area contributed by atoms with Gasteiger partial charge in [-0.25, -0.2) is 0 Å².